The zero-order chi connectivity index (χ0) is 21.0. The Labute approximate surface area is 174 Å². The van der Waals surface area contributed by atoms with Crippen molar-refractivity contribution >= 4 is 17.5 Å². The molecule has 1 heterocycles. The van der Waals surface area contributed by atoms with Crippen LogP contribution in [0.5, 0.6) is 0 Å². The Morgan fingerprint density at radius 2 is 1.97 bits per heavy atom. The Morgan fingerprint density at radius 3 is 2.59 bits per heavy atom. The Bertz CT molecular complexity index is 1080. The molecular formula is C22H21ClN4O2. The number of hydrogen-bond donors (Lipinski definition) is 2. The molecule has 0 saturated carbocycles. The maximum absolute atomic E-state index is 11.9. The molecule has 3 rings (SSSR count). The number of carbonyl (C=O) groups is 1. The van der Waals surface area contributed by atoms with Gasteiger partial charge in [-0.2, -0.15) is 10.4 Å². The molecule has 2 N–H and O–H groups in total. The smallest absolute Gasteiger partial charge is 0.251 e. The highest BCUT2D eigenvalue weighted by atomic mass is 35.5. The van der Waals surface area contributed by atoms with E-state index in [4.69, 9.17) is 22.0 Å². The number of halogens is 1. The molecule has 3 aromatic rings. The van der Waals surface area contributed by atoms with E-state index in [2.05, 4.69) is 16.5 Å². The fourth-order valence-corrected chi connectivity index (χ4v) is 3.46. The van der Waals surface area contributed by atoms with Gasteiger partial charge in [0.2, 0.25) is 0 Å². The first-order chi connectivity index (χ1) is 13.9. The lowest BCUT2D eigenvalue weighted by Crippen LogP contribution is -2.26. The van der Waals surface area contributed by atoms with Crippen LogP contribution in [0, 0.1) is 25.2 Å². The van der Waals surface area contributed by atoms with Gasteiger partial charge >= 0.3 is 0 Å². The third kappa shape index (κ3) is 4.48. The van der Waals surface area contributed by atoms with Crippen LogP contribution in [0.4, 0.5) is 0 Å². The van der Waals surface area contributed by atoms with Gasteiger partial charge in [0, 0.05) is 23.4 Å². The molecular weight excluding hydrogens is 388 g/mol. The van der Waals surface area contributed by atoms with Crippen molar-refractivity contribution in [1.29, 1.82) is 5.26 Å². The van der Waals surface area contributed by atoms with Gasteiger partial charge in [0.1, 0.15) is 6.07 Å². The first-order valence-corrected chi connectivity index (χ1v) is 9.54. The Hall–Kier alpha value is -3.14. The Morgan fingerprint density at radius 1 is 1.24 bits per heavy atom. The van der Waals surface area contributed by atoms with Crippen molar-refractivity contribution in [2.75, 3.05) is 13.2 Å². The molecule has 6 nitrogen and oxygen atoms in total. The van der Waals surface area contributed by atoms with E-state index in [1.54, 1.807) is 24.3 Å². The molecule has 2 aromatic carbocycles. The largest absolute Gasteiger partial charge is 0.395 e. The normalized spacial score (nSPS) is 10.6. The van der Waals surface area contributed by atoms with Gasteiger partial charge in [-0.25, -0.2) is 0 Å². The highest BCUT2D eigenvalue weighted by Crippen LogP contribution is 2.30. The number of aliphatic hydroxyl groups is 1. The Balaban J connectivity index is 1.83. The second-order valence-electron chi connectivity index (χ2n) is 6.69. The summed E-state index contributed by atoms with van der Waals surface area (Å²) in [6, 6.07) is 14.8. The third-order valence-corrected chi connectivity index (χ3v) is 5.02. The van der Waals surface area contributed by atoms with Gasteiger partial charge in [-0.1, -0.05) is 29.8 Å². The van der Waals surface area contributed by atoms with Crippen LogP contribution >= 0.6 is 11.6 Å². The maximum Gasteiger partial charge on any atom is 0.251 e. The zero-order valence-electron chi connectivity index (χ0n) is 16.2. The quantitative estimate of drug-likeness (QED) is 0.653. The zero-order valence-corrected chi connectivity index (χ0v) is 17.0. The molecule has 0 fully saturated rings. The predicted octanol–water partition coefficient (Wildman–Crippen LogP) is 3.46. The van der Waals surface area contributed by atoms with E-state index < -0.39 is 0 Å². The lowest BCUT2D eigenvalue weighted by Gasteiger charge is -2.08. The molecule has 0 aliphatic heterocycles. The molecule has 0 bridgehead atoms. The summed E-state index contributed by atoms with van der Waals surface area (Å²) in [5, 5.41) is 25.6. The molecule has 0 spiro atoms. The number of amides is 1. The number of aryl methyl sites for hydroxylation is 1. The van der Waals surface area contributed by atoms with Gasteiger partial charge < -0.3 is 10.4 Å². The second kappa shape index (κ2) is 8.91. The van der Waals surface area contributed by atoms with Gasteiger partial charge in [-0.3, -0.25) is 9.48 Å². The van der Waals surface area contributed by atoms with Crippen molar-refractivity contribution in [3.8, 4) is 17.2 Å². The minimum absolute atomic E-state index is 0.0888. The number of carbonyl (C=O) groups excluding carboxylic acids is 1. The first kappa shape index (κ1) is 20.6. The van der Waals surface area contributed by atoms with E-state index in [0.717, 1.165) is 28.1 Å². The van der Waals surface area contributed by atoms with E-state index in [1.165, 1.54) is 0 Å². The van der Waals surface area contributed by atoms with E-state index >= 15 is 0 Å². The van der Waals surface area contributed by atoms with E-state index in [0.29, 0.717) is 22.7 Å². The number of benzene rings is 2. The highest BCUT2D eigenvalue weighted by Gasteiger charge is 2.15. The third-order valence-electron chi connectivity index (χ3n) is 4.71. The van der Waals surface area contributed by atoms with Crippen LogP contribution in [-0.2, 0) is 6.54 Å². The average Bonchev–Trinajstić information content (AvgIpc) is 2.99. The molecule has 7 heteroatoms. The van der Waals surface area contributed by atoms with E-state index in [-0.39, 0.29) is 19.1 Å². The lowest BCUT2D eigenvalue weighted by molar-refractivity contribution is 0.0945. The van der Waals surface area contributed by atoms with E-state index in [9.17, 15) is 4.79 Å². The number of aliphatic hydroxyl groups excluding tert-OH is 1. The molecule has 0 atom stereocenters. The van der Waals surface area contributed by atoms with Gasteiger partial charge in [-0.05, 0) is 49.2 Å². The fourth-order valence-electron chi connectivity index (χ4n) is 3.24. The van der Waals surface area contributed by atoms with Gasteiger partial charge in [0.05, 0.1) is 29.4 Å². The molecule has 0 radical (unpaired) electrons. The molecule has 1 aromatic heterocycles. The Kier molecular flexibility index (Phi) is 6.32. The summed E-state index contributed by atoms with van der Waals surface area (Å²) in [6.45, 7) is 4.65. The molecule has 1 amide bonds. The number of aromatic nitrogens is 2. The number of rotatable bonds is 6. The van der Waals surface area contributed by atoms with Crippen molar-refractivity contribution in [3.05, 3.63) is 75.6 Å². The summed E-state index contributed by atoms with van der Waals surface area (Å²) in [5.74, 6) is -0.211. The minimum atomic E-state index is -0.211. The standard InChI is InChI=1S/C22H21ClN4O2/c1-14-21(18-7-8-19(12-24)20(23)11-18)15(2)27(26-14)13-16-3-5-17(6-4-16)22(29)25-9-10-28/h3-8,11,28H,9-10,13H2,1-2H3,(H,25,29). The molecule has 0 unspecified atom stereocenters. The van der Waals surface area contributed by atoms with Crippen LogP contribution < -0.4 is 5.32 Å². The summed E-state index contributed by atoms with van der Waals surface area (Å²) in [4.78, 5) is 11.9. The van der Waals surface area contributed by atoms with Crippen molar-refractivity contribution in [3.63, 3.8) is 0 Å². The SMILES string of the molecule is Cc1nn(Cc2ccc(C(=O)NCCO)cc2)c(C)c1-c1ccc(C#N)c(Cl)c1. The summed E-state index contributed by atoms with van der Waals surface area (Å²) in [6.07, 6.45) is 0. The number of hydrogen-bond acceptors (Lipinski definition) is 4. The van der Waals surface area contributed by atoms with Crippen molar-refractivity contribution < 1.29 is 9.90 Å². The molecule has 0 saturated heterocycles. The van der Waals surface area contributed by atoms with Crippen LogP contribution in [0.2, 0.25) is 5.02 Å². The van der Waals surface area contributed by atoms with Crippen LogP contribution in [0.15, 0.2) is 42.5 Å². The van der Waals surface area contributed by atoms with E-state index in [1.807, 2.05) is 36.7 Å². The summed E-state index contributed by atoms with van der Waals surface area (Å²) < 4.78 is 1.91. The van der Waals surface area contributed by atoms with Gasteiger partial charge in [0.25, 0.3) is 5.91 Å². The van der Waals surface area contributed by atoms with Crippen molar-refractivity contribution in [2.24, 2.45) is 0 Å². The predicted molar refractivity (Wildman–Crippen MR) is 112 cm³/mol. The van der Waals surface area contributed by atoms with Crippen LogP contribution in [0.25, 0.3) is 11.1 Å². The molecule has 0 aliphatic rings. The summed E-state index contributed by atoms with van der Waals surface area (Å²) >= 11 is 6.20. The fraction of sp³-hybridized carbons (Fsp3) is 0.227. The second-order valence-corrected chi connectivity index (χ2v) is 7.09. The summed E-state index contributed by atoms with van der Waals surface area (Å²) in [7, 11) is 0. The lowest BCUT2D eigenvalue weighted by atomic mass is 10.0. The maximum atomic E-state index is 11.9. The summed E-state index contributed by atoms with van der Waals surface area (Å²) in [5.41, 5.74) is 5.79. The van der Waals surface area contributed by atoms with Crippen LogP contribution in [0.3, 0.4) is 0 Å². The van der Waals surface area contributed by atoms with Gasteiger partial charge in [-0.15, -0.1) is 0 Å². The number of nitrogens with zero attached hydrogens (tertiary/aromatic N) is 3. The topological polar surface area (TPSA) is 90.9 Å². The highest BCUT2D eigenvalue weighted by molar-refractivity contribution is 6.32. The van der Waals surface area contributed by atoms with Crippen LogP contribution in [0.1, 0.15) is 32.9 Å². The number of nitriles is 1. The molecule has 148 valence electrons. The first-order valence-electron chi connectivity index (χ1n) is 9.16. The van der Waals surface area contributed by atoms with Crippen LogP contribution in [-0.4, -0.2) is 33.9 Å². The average molecular weight is 409 g/mol. The van der Waals surface area contributed by atoms with Crippen molar-refractivity contribution in [2.45, 2.75) is 20.4 Å². The monoisotopic (exact) mass is 408 g/mol. The number of nitrogens with one attached hydrogen (secondary N) is 1. The van der Waals surface area contributed by atoms with Crippen molar-refractivity contribution in [1.82, 2.24) is 15.1 Å². The molecule has 0 aliphatic carbocycles. The minimum Gasteiger partial charge on any atom is -0.395 e. The van der Waals surface area contributed by atoms with Gasteiger partial charge in [0.15, 0.2) is 0 Å². The molecule has 29 heavy (non-hydrogen) atoms.